The molecule has 0 aliphatic carbocycles. The standard InChI is InChI=1S/C32H56O3/c1-10-29(33)34-30-25(6)26(7)31-28(27(30)8)19-21-32(9,35-31)20-13-18-24(5)17-12-16-23(4)15-11-14-22(2)3/h22-24,29,33H,10-21H2,1-9H3/t23-,24-,29?,32-/m1/s1. The Morgan fingerprint density at radius 2 is 1.43 bits per heavy atom. The Bertz CT molecular complexity index is 784. The van der Waals surface area contributed by atoms with Crippen LogP contribution < -0.4 is 9.47 Å². The van der Waals surface area contributed by atoms with Gasteiger partial charge < -0.3 is 14.6 Å². The lowest BCUT2D eigenvalue weighted by Crippen LogP contribution is -2.37. The number of benzene rings is 1. The van der Waals surface area contributed by atoms with Crippen molar-refractivity contribution in [3.63, 3.8) is 0 Å². The molecule has 0 bridgehead atoms. The zero-order valence-electron chi connectivity index (χ0n) is 24.6. The van der Waals surface area contributed by atoms with Crippen molar-refractivity contribution in [3.05, 3.63) is 22.3 Å². The number of hydrogen-bond donors (Lipinski definition) is 1. The molecule has 4 atom stereocenters. The van der Waals surface area contributed by atoms with Crippen LogP contribution in [0.25, 0.3) is 0 Å². The second-order valence-electron chi connectivity index (χ2n) is 12.4. The first-order valence-electron chi connectivity index (χ1n) is 14.6. The molecule has 1 aliphatic heterocycles. The summed E-state index contributed by atoms with van der Waals surface area (Å²) in [7, 11) is 0. The van der Waals surface area contributed by atoms with Crippen molar-refractivity contribution in [2.45, 2.75) is 151 Å². The number of aliphatic hydroxyl groups is 1. The van der Waals surface area contributed by atoms with Crippen molar-refractivity contribution >= 4 is 0 Å². The fraction of sp³-hybridized carbons (Fsp3) is 0.812. The molecule has 0 saturated carbocycles. The van der Waals surface area contributed by atoms with E-state index in [-0.39, 0.29) is 5.60 Å². The van der Waals surface area contributed by atoms with Crippen LogP contribution in [0.5, 0.6) is 11.5 Å². The van der Waals surface area contributed by atoms with Gasteiger partial charge in [-0.3, -0.25) is 0 Å². The Kier molecular flexibility index (Phi) is 11.9. The van der Waals surface area contributed by atoms with Gasteiger partial charge in [-0.05, 0) is 87.8 Å². The zero-order valence-corrected chi connectivity index (χ0v) is 24.6. The van der Waals surface area contributed by atoms with Gasteiger partial charge in [0, 0.05) is 12.0 Å². The molecule has 3 heteroatoms. The van der Waals surface area contributed by atoms with Crippen LogP contribution in [0.4, 0.5) is 0 Å². The van der Waals surface area contributed by atoms with Crippen molar-refractivity contribution in [1.82, 2.24) is 0 Å². The molecule has 0 amide bonds. The summed E-state index contributed by atoms with van der Waals surface area (Å²) in [5.41, 5.74) is 4.55. The molecular formula is C32H56O3. The zero-order chi connectivity index (χ0) is 26.2. The van der Waals surface area contributed by atoms with Gasteiger partial charge in [0.15, 0.2) is 6.29 Å². The van der Waals surface area contributed by atoms with Crippen molar-refractivity contribution in [1.29, 1.82) is 0 Å². The van der Waals surface area contributed by atoms with Gasteiger partial charge in [0.2, 0.25) is 0 Å². The predicted octanol–water partition coefficient (Wildman–Crippen LogP) is 9.24. The highest BCUT2D eigenvalue weighted by atomic mass is 16.6. The molecule has 1 aromatic rings. The van der Waals surface area contributed by atoms with Crippen LogP contribution in [0.15, 0.2) is 0 Å². The second-order valence-corrected chi connectivity index (χ2v) is 12.4. The molecule has 0 spiro atoms. The summed E-state index contributed by atoms with van der Waals surface area (Å²) in [6.45, 7) is 20.1. The first-order chi connectivity index (χ1) is 16.5. The minimum atomic E-state index is -0.755. The van der Waals surface area contributed by atoms with Crippen LogP contribution in [-0.2, 0) is 6.42 Å². The third-order valence-electron chi connectivity index (χ3n) is 8.44. The molecule has 2 rings (SSSR count). The average molecular weight is 489 g/mol. The molecule has 0 aromatic heterocycles. The second kappa shape index (κ2) is 13.9. The molecule has 0 radical (unpaired) electrons. The maximum Gasteiger partial charge on any atom is 0.197 e. The summed E-state index contributed by atoms with van der Waals surface area (Å²) >= 11 is 0. The third-order valence-corrected chi connectivity index (χ3v) is 8.44. The van der Waals surface area contributed by atoms with Gasteiger partial charge in [-0.15, -0.1) is 0 Å². The van der Waals surface area contributed by atoms with E-state index < -0.39 is 6.29 Å². The van der Waals surface area contributed by atoms with E-state index in [0.29, 0.717) is 6.42 Å². The number of fused-ring (bicyclic) bond motifs is 1. The van der Waals surface area contributed by atoms with Crippen LogP contribution in [0, 0.1) is 38.5 Å². The Balaban J connectivity index is 1.83. The number of rotatable bonds is 15. The van der Waals surface area contributed by atoms with Gasteiger partial charge in [0.05, 0.1) is 0 Å². The smallest absolute Gasteiger partial charge is 0.197 e. The van der Waals surface area contributed by atoms with Crippen molar-refractivity contribution in [2.75, 3.05) is 0 Å². The summed E-state index contributed by atoms with van der Waals surface area (Å²) in [6.07, 6.45) is 13.8. The van der Waals surface area contributed by atoms with Crippen molar-refractivity contribution < 1.29 is 14.6 Å². The molecule has 0 saturated heterocycles. The third kappa shape index (κ3) is 8.99. The first-order valence-corrected chi connectivity index (χ1v) is 14.6. The van der Waals surface area contributed by atoms with Gasteiger partial charge in [-0.25, -0.2) is 0 Å². The van der Waals surface area contributed by atoms with E-state index in [2.05, 4.69) is 55.4 Å². The molecule has 35 heavy (non-hydrogen) atoms. The SMILES string of the molecule is CCC(O)Oc1c(C)c(C)c2c(c1C)CC[C@@](C)(CCC[C@H](C)CCC[C@H](C)CCCC(C)C)O2. The Morgan fingerprint density at radius 3 is 2.00 bits per heavy atom. The first kappa shape index (κ1) is 30.0. The lowest BCUT2D eigenvalue weighted by molar-refractivity contribution is -0.0205. The maximum absolute atomic E-state index is 10.1. The predicted molar refractivity (Wildman–Crippen MR) is 150 cm³/mol. The van der Waals surface area contributed by atoms with Crippen LogP contribution in [-0.4, -0.2) is 17.0 Å². The highest BCUT2D eigenvalue weighted by Gasteiger charge is 2.34. The highest BCUT2D eigenvalue weighted by molar-refractivity contribution is 5.59. The van der Waals surface area contributed by atoms with Gasteiger partial charge in [0.1, 0.15) is 17.1 Å². The Hall–Kier alpha value is -1.22. The number of aliphatic hydroxyl groups excluding tert-OH is 1. The van der Waals surface area contributed by atoms with E-state index in [1.807, 2.05) is 6.92 Å². The van der Waals surface area contributed by atoms with E-state index >= 15 is 0 Å². The van der Waals surface area contributed by atoms with E-state index in [0.717, 1.165) is 65.2 Å². The number of ether oxygens (including phenoxy) is 2. The summed E-state index contributed by atoms with van der Waals surface area (Å²) in [5, 5.41) is 10.1. The van der Waals surface area contributed by atoms with Gasteiger partial charge >= 0.3 is 0 Å². The fourth-order valence-corrected chi connectivity index (χ4v) is 5.66. The Morgan fingerprint density at radius 1 is 0.857 bits per heavy atom. The molecule has 1 heterocycles. The normalized spacial score (nSPS) is 20.3. The van der Waals surface area contributed by atoms with E-state index in [9.17, 15) is 5.11 Å². The highest BCUT2D eigenvalue weighted by Crippen LogP contribution is 2.45. The molecule has 1 aromatic carbocycles. The lowest BCUT2D eigenvalue weighted by atomic mass is 9.83. The monoisotopic (exact) mass is 488 g/mol. The van der Waals surface area contributed by atoms with Crippen LogP contribution in [0.3, 0.4) is 0 Å². The van der Waals surface area contributed by atoms with Crippen molar-refractivity contribution in [2.24, 2.45) is 17.8 Å². The molecule has 202 valence electrons. The topological polar surface area (TPSA) is 38.7 Å². The molecule has 0 fully saturated rings. The summed E-state index contributed by atoms with van der Waals surface area (Å²) in [6, 6.07) is 0. The fourth-order valence-electron chi connectivity index (χ4n) is 5.66. The summed E-state index contributed by atoms with van der Waals surface area (Å²) in [4.78, 5) is 0. The molecule has 1 unspecified atom stereocenters. The summed E-state index contributed by atoms with van der Waals surface area (Å²) < 4.78 is 12.6. The van der Waals surface area contributed by atoms with E-state index in [4.69, 9.17) is 9.47 Å². The van der Waals surface area contributed by atoms with E-state index in [1.165, 1.54) is 56.9 Å². The quantitative estimate of drug-likeness (QED) is 0.250. The molecular weight excluding hydrogens is 432 g/mol. The number of hydrogen-bond acceptors (Lipinski definition) is 3. The van der Waals surface area contributed by atoms with Crippen LogP contribution in [0.1, 0.15) is 134 Å². The van der Waals surface area contributed by atoms with Gasteiger partial charge in [-0.2, -0.15) is 0 Å². The molecule has 3 nitrogen and oxygen atoms in total. The minimum Gasteiger partial charge on any atom is -0.487 e. The van der Waals surface area contributed by atoms with Crippen LogP contribution in [0.2, 0.25) is 0 Å². The lowest BCUT2D eigenvalue weighted by Gasteiger charge is -2.38. The summed E-state index contributed by atoms with van der Waals surface area (Å²) in [5.74, 6) is 4.42. The van der Waals surface area contributed by atoms with Gasteiger partial charge in [0.25, 0.3) is 0 Å². The maximum atomic E-state index is 10.1. The van der Waals surface area contributed by atoms with Crippen LogP contribution >= 0.6 is 0 Å². The van der Waals surface area contributed by atoms with Gasteiger partial charge in [-0.1, -0.05) is 79.6 Å². The molecule has 1 aliphatic rings. The Labute approximate surface area is 217 Å². The molecule has 1 N–H and O–H groups in total. The largest absolute Gasteiger partial charge is 0.487 e. The van der Waals surface area contributed by atoms with E-state index in [1.54, 1.807) is 0 Å². The van der Waals surface area contributed by atoms with Crippen molar-refractivity contribution in [3.8, 4) is 11.5 Å². The average Bonchev–Trinajstić information content (AvgIpc) is 2.79. The minimum absolute atomic E-state index is 0.0907.